The molecule has 0 unspecified atom stereocenters. The van der Waals surface area contributed by atoms with Gasteiger partial charge in [0.2, 0.25) is 0 Å². The summed E-state index contributed by atoms with van der Waals surface area (Å²) in [6, 6.07) is 16.6. The van der Waals surface area contributed by atoms with Gasteiger partial charge in [0.1, 0.15) is 0 Å². The van der Waals surface area contributed by atoms with Crippen molar-refractivity contribution >= 4 is 17.6 Å². The van der Waals surface area contributed by atoms with Crippen LogP contribution < -0.4 is 5.43 Å². The van der Waals surface area contributed by atoms with Gasteiger partial charge >= 0.3 is 0 Å². The van der Waals surface area contributed by atoms with Crippen LogP contribution in [-0.4, -0.2) is 15.7 Å². The lowest BCUT2D eigenvalue weighted by molar-refractivity contribution is -0.384. The number of aryl methyl sites for hydroxylation is 2. The predicted molar refractivity (Wildman–Crippen MR) is 104 cm³/mol. The molecule has 3 aromatic rings. The Labute approximate surface area is 151 Å². The molecule has 0 amide bonds. The first-order valence-electron chi connectivity index (χ1n) is 8.26. The quantitative estimate of drug-likeness (QED) is 0.410. The molecule has 3 rings (SSSR count). The van der Waals surface area contributed by atoms with Gasteiger partial charge < -0.3 is 4.57 Å². The van der Waals surface area contributed by atoms with Crippen molar-refractivity contribution in [1.29, 1.82) is 0 Å². The summed E-state index contributed by atoms with van der Waals surface area (Å²) in [7, 11) is 0. The van der Waals surface area contributed by atoms with Crippen LogP contribution >= 0.6 is 0 Å². The Morgan fingerprint density at radius 2 is 1.81 bits per heavy atom. The van der Waals surface area contributed by atoms with Crippen molar-refractivity contribution in [3.05, 3.63) is 87.2 Å². The molecule has 0 bridgehead atoms. The number of nitrogens with one attached hydrogen (secondary N) is 1. The van der Waals surface area contributed by atoms with E-state index in [1.54, 1.807) is 18.3 Å². The van der Waals surface area contributed by atoms with E-state index in [2.05, 4.69) is 10.5 Å². The number of anilines is 1. The summed E-state index contributed by atoms with van der Waals surface area (Å²) < 4.78 is 2.02. The third-order valence-corrected chi connectivity index (χ3v) is 4.29. The molecule has 2 aromatic carbocycles. The number of non-ortho nitro benzene ring substituents is 1. The van der Waals surface area contributed by atoms with Crippen LogP contribution in [0.5, 0.6) is 0 Å². The van der Waals surface area contributed by atoms with Gasteiger partial charge in [-0.15, -0.1) is 0 Å². The van der Waals surface area contributed by atoms with E-state index in [4.69, 9.17) is 0 Å². The fourth-order valence-corrected chi connectivity index (χ4v) is 2.93. The van der Waals surface area contributed by atoms with Crippen molar-refractivity contribution in [2.45, 2.75) is 20.8 Å². The number of aromatic nitrogens is 1. The number of para-hydroxylation sites is 1. The number of hydrogen-bond donors (Lipinski definition) is 1. The zero-order valence-electron chi connectivity index (χ0n) is 14.9. The molecule has 6 heteroatoms. The minimum Gasteiger partial charge on any atom is -0.317 e. The Bertz CT molecular complexity index is 975. The number of rotatable bonds is 5. The maximum Gasteiger partial charge on any atom is 0.271 e. The third kappa shape index (κ3) is 3.49. The minimum atomic E-state index is -0.372. The normalized spacial score (nSPS) is 11.0. The first kappa shape index (κ1) is 17.4. The highest BCUT2D eigenvalue weighted by Gasteiger charge is 2.15. The Balaban J connectivity index is 1.94. The molecule has 0 spiro atoms. The number of nitro groups is 1. The van der Waals surface area contributed by atoms with Crippen molar-refractivity contribution < 1.29 is 4.92 Å². The van der Waals surface area contributed by atoms with Gasteiger partial charge in [0.25, 0.3) is 5.69 Å². The highest BCUT2D eigenvalue weighted by atomic mass is 16.6. The van der Waals surface area contributed by atoms with E-state index in [0.29, 0.717) is 0 Å². The minimum absolute atomic E-state index is 0.0825. The van der Waals surface area contributed by atoms with Gasteiger partial charge in [-0.3, -0.25) is 15.5 Å². The van der Waals surface area contributed by atoms with Crippen LogP contribution in [0.25, 0.3) is 5.69 Å². The van der Waals surface area contributed by atoms with E-state index in [0.717, 1.165) is 33.9 Å². The molecule has 1 heterocycles. The van der Waals surface area contributed by atoms with Gasteiger partial charge in [0, 0.05) is 29.1 Å². The van der Waals surface area contributed by atoms with E-state index in [9.17, 15) is 10.1 Å². The fourth-order valence-electron chi connectivity index (χ4n) is 2.93. The molecule has 1 N–H and O–H groups in total. The van der Waals surface area contributed by atoms with Crippen LogP contribution in [-0.2, 0) is 0 Å². The van der Waals surface area contributed by atoms with Crippen LogP contribution in [0.4, 0.5) is 11.4 Å². The van der Waals surface area contributed by atoms with Crippen LogP contribution in [0, 0.1) is 30.9 Å². The molecular formula is C20H20N4O2. The number of nitro benzene ring substituents is 1. The Kier molecular flexibility index (Phi) is 4.84. The predicted octanol–water partition coefficient (Wildman–Crippen LogP) is 4.76. The monoisotopic (exact) mass is 348 g/mol. The molecule has 26 heavy (non-hydrogen) atoms. The molecule has 0 fully saturated rings. The number of hydrazone groups is 1. The first-order chi connectivity index (χ1) is 12.5. The summed E-state index contributed by atoms with van der Waals surface area (Å²) in [5.41, 5.74) is 8.70. The van der Waals surface area contributed by atoms with Crippen molar-refractivity contribution in [1.82, 2.24) is 4.57 Å². The summed E-state index contributed by atoms with van der Waals surface area (Å²) >= 11 is 0. The Morgan fingerprint density at radius 3 is 2.50 bits per heavy atom. The van der Waals surface area contributed by atoms with Crippen LogP contribution in [0.15, 0.2) is 59.7 Å². The summed E-state index contributed by atoms with van der Waals surface area (Å²) in [6.45, 7) is 5.91. The van der Waals surface area contributed by atoms with Crippen LogP contribution in [0.3, 0.4) is 0 Å². The zero-order chi connectivity index (χ0) is 18.7. The van der Waals surface area contributed by atoms with Gasteiger partial charge in [-0.05, 0) is 44.5 Å². The maximum atomic E-state index is 11.1. The molecule has 0 saturated heterocycles. The lowest BCUT2D eigenvalue weighted by Gasteiger charge is -2.12. The van der Waals surface area contributed by atoms with Gasteiger partial charge in [0.15, 0.2) is 0 Å². The Morgan fingerprint density at radius 1 is 1.08 bits per heavy atom. The number of benzene rings is 2. The zero-order valence-corrected chi connectivity index (χ0v) is 14.9. The highest BCUT2D eigenvalue weighted by molar-refractivity contribution is 5.83. The smallest absolute Gasteiger partial charge is 0.271 e. The Hall–Kier alpha value is -3.41. The van der Waals surface area contributed by atoms with E-state index in [1.807, 2.05) is 61.7 Å². The van der Waals surface area contributed by atoms with Crippen LogP contribution in [0.2, 0.25) is 0 Å². The molecule has 0 aliphatic heterocycles. The number of hydrogen-bond acceptors (Lipinski definition) is 4. The SMILES string of the molecule is Cc1ccc([N+](=O)[O-])cc1-n1c(C)cc(/C=N\Nc2ccccc2)c1C. The molecular weight excluding hydrogens is 328 g/mol. The molecule has 1 aromatic heterocycles. The summed E-state index contributed by atoms with van der Waals surface area (Å²) in [5.74, 6) is 0. The maximum absolute atomic E-state index is 11.1. The topological polar surface area (TPSA) is 72.5 Å². The molecule has 0 aliphatic rings. The standard InChI is InChI=1S/C20H20N4O2/c1-14-9-10-19(24(25)26)12-20(14)23-15(2)11-17(16(23)3)13-21-22-18-7-5-4-6-8-18/h4-13,22H,1-3H3/b21-13-. The second-order valence-corrected chi connectivity index (χ2v) is 6.13. The first-order valence-corrected chi connectivity index (χ1v) is 8.26. The molecule has 0 aliphatic carbocycles. The molecule has 6 nitrogen and oxygen atoms in total. The van der Waals surface area contributed by atoms with E-state index in [1.165, 1.54) is 6.07 Å². The second kappa shape index (κ2) is 7.23. The summed E-state index contributed by atoms with van der Waals surface area (Å²) in [6.07, 6.45) is 1.76. The second-order valence-electron chi connectivity index (χ2n) is 6.13. The van der Waals surface area contributed by atoms with E-state index < -0.39 is 0 Å². The van der Waals surface area contributed by atoms with Crippen LogP contribution in [0.1, 0.15) is 22.5 Å². The van der Waals surface area contributed by atoms with Crippen molar-refractivity contribution in [3.8, 4) is 5.69 Å². The third-order valence-electron chi connectivity index (χ3n) is 4.29. The molecule has 0 radical (unpaired) electrons. The summed E-state index contributed by atoms with van der Waals surface area (Å²) in [4.78, 5) is 10.7. The number of nitrogens with zero attached hydrogens (tertiary/aromatic N) is 3. The molecule has 0 atom stereocenters. The summed E-state index contributed by atoms with van der Waals surface area (Å²) in [5, 5.41) is 15.4. The average molecular weight is 348 g/mol. The molecule has 0 saturated carbocycles. The van der Waals surface area contributed by atoms with Crippen molar-refractivity contribution in [3.63, 3.8) is 0 Å². The average Bonchev–Trinajstić information content (AvgIpc) is 2.90. The van der Waals surface area contributed by atoms with Gasteiger partial charge in [-0.1, -0.05) is 24.3 Å². The van der Waals surface area contributed by atoms with Crippen molar-refractivity contribution in [2.75, 3.05) is 5.43 Å². The fraction of sp³-hybridized carbons (Fsp3) is 0.150. The van der Waals surface area contributed by atoms with Gasteiger partial charge in [-0.25, -0.2) is 0 Å². The lowest BCUT2D eigenvalue weighted by atomic mass is 10.1. The molecule has 132 valence electrons. The van der Waals surface area contributed by atoms with E-state index in [-0.39, 0.29) is 10.6 Å². The lowest BCUT2D eigenvalue weighted by Crippen LogP contribution is -2.03. The highest BCUT2D eigenvalue weighted by Crippen LogP contribution is 2.26. The van der Waals surface area contributed by atoms with Gasteiger partial charge in [0.05, 0.1) is 22.5 Å². The van der Waals surface area contributed by atoms with Gasteiger partial charge in [-0.2, -0.15) is 5.10 Å². The van der Waals surface area contributed by atoms with Crippen molar-refractivity contribution in [2.24, 2.45) is 5.10 Å². The van der Waals surface area contributed by atoms with E-state index >= 15 is 0 Å². The largest absolute Gasteiger partial charge is 0.317 e.